The molecule has 2 heterocycles. The van der Waals surface area contributed by atoms with Crippen molar-refractivity contribution in [2.24, 2.45) is 7.05 Å². The predicted octanol–water partition coefficient (Wildman–Crippen LogP) is 1.07. The van der Waals surface area contributed by atoms with Gasteiger partial charge in [0.15, 0.2) is 0 Å². The van der Waals surface area contributed by atoms with Crippen LogP contribution in [0.15, 0.2) is 41.6 Å². The zero-order valence-corrected chi connectivity index (χ0v) is 17.2. The van der Waals surface area contributed by atoms with Crippen molar-refractivity contribution in [2.45, 2.75) is 24.8 Å². The first-order chi connectivity index (χ1) is 13.4. The van der Waals surface area contributed by atoms with Crippen LogP contribution in [0.3, 0.4) is 0 Å². The van der Waals surface area contributed by atoms with Gasteiger partial charge < -0.3 is 4.90 Å². The van der Waals surface area contributed by atoms with Crippen molar-refractivity contribution in [3.05, 3.63) is 47.8 Å². The molecule has 1 aromatic heterocycles. The number of aryl methyl sites for hydroxylation is 1. The second kappa shape index (κ2) is 8.85. The first-order valence-electron chi connectivity index (χ1n) is 9.48. The SMILES string of the molecule is CCNS(=O)(=O)c1ccc(C(=O)N2CCCN(Cc3cnn(C)c3)CC2)cc1. The van der Waals surface area contributed by atoms with Crippen LogP contribution in [-0.2, 0) is 23.6 Å². The minimum atomic E-state index is -3.51. The van der Waals surface area contributed by atoms with Crippen LogP contribution < -0.4 is 4.72 Å². The number of hydrogen-bond donors (Lipinski definition) is 1. The number of nitrogens with one attached hydrogen (secondary N) is 1. The van der Waals surface area contributed by atoms with Gasteiger partial charge in [0, 0.05) is 63.6 Å². The van der Waals surface area contributed by atoms with Crippen LogP contribution >= 0.6 is 0 Å². The molecule has 2 aromatic rings. The number of rotatable bonds is 6. The first-order valence-corrected chi connectivity index (χ1v) is 11.0. The molecule has 1 amide bonds. The number of amides is 1. The van der Waals surface area contributed by atoms with E-state index in [0.717, 1.165) is 26.1 Å². The van der Waals surface area contributed by atoms with E-state index < -0.39 is 10.0 Å². The monoisotopic (exact) mass is 405 g/mol. The summed E-state index contributed by atoms with van der Waals surface area (Å²) < 4.78 is 28.3. The quantitative estimate of drug-likeness (QED) is 0.777. The number of carbonyl (C=O) groups is 1. The summed E-state index contributed by atoms with van der Waals surface area (Å²) in [5.74, 6) is -0.0596. The molecule has 0 radical (unpaired) electrons. The van der Waals surface area contributed by atoms with Crippen molar-refractivity contribution in [1.29, 1.82) is 0 Å². The van der Waals surface area contributed by atoms with E-state index in [-0.39, 0.29) is 10.8 Å². The third kappa shape index (κ3) is 4.98. The molecule has 0 atom stereocenters. The summed E-state index contributed by atoms with van der Waals surface area (Å²) in [7, 11) is -1.60. The minimum Gasteiger partial charge on any atom is -0.337 e. The summed E-state index contributed by atoms with van der Waals surface area (Å²) in [6, 6.07) is 6.14. The van der Waals surface area contributed by atoms with Crippen LogP contribution in [0.1, 0.15) is 29.3 Å². The Morgan fingerprint density at radius 2 is 1.89 bits per heavy atom. The van der Waals surface area contributed by atoms with Crippen molar-refractivity contribution in [3.8, 4) is 0 Å². The lowest BCUT2D eigenvalue weighted by Crippen LogP contribution is -2.35. The summed E-state index contributed by atoms with van der Waals surface area (Å²) in [6.07, 6.45) is 4.78. The normalized spacial score (nSPS) is 16.1. The van der Waals surface area contributed by atoms with Crippen LogP contribution in [0.25, 0.3) is 0 Å². The van der Waals surface area contributed by atoms with E-state index in [9.17, 15) is 13.2 Å². The zero-order valence-electron chi connectivity index (χ0n) is 16.3. The highest BCUT2D eigenvalue weighted by atomic mass is 32.2. The molecule has 152 valence electrons. The summed E-state index contributed by atoms with van der Waals surface area (Å²) in [6.45, 7) is 5.95. The van der Waals surface area contributed by atoms with Gasteiger partial charge in [-0.1, -0.05) is 6.92 Å². The topological polar surface area (TPSA) is 87.5 Å². The molecule has 1 saturated heterocycles. The van der Waals surface area contributed by atoms with Gasteiger partial charge in [0.2, 0.25) is 10.0 Å². The van der Waals surface area contributed by atoms with E-state index in [1.54, 1.807) is 23.7 Å². The maximum atomic E-state index is 12.8. The van der Waals surface area contributed by atoms with Gasteiger partial charge in [0.1, 0.15) is 0 Å². The molecule has 0 spiro atoms. The van der Waals surface area contributed by atoms with Crippen molar-refractivity contribution < 1.29 is 13.2 Å². The molecule has 3 rings (SSSR count). The predicted molar refractivity (Wildman–Crippen MR) is 106 cm³/mol. The first kappa shape index (κ1) is 20.5. The van der Waals surface area contributed by atoms with Gasteiger partial charge in [-0.3, -0.25) is 14.4 Å². The Bertz CT molecular complexity index is 908. The lowest BCUT2D eigenvalue weighted by Gasteiger charge is -2.22. The number of nitrogens with zero attached hydrogens (tertiary/aromatic N) is 4. The third-order valence-corrected chi connectivity index (χ3v) is 6.35. The number of carbonyl (C=O) groups excluding carboxylic acids is 1. The summed E-state index contributed by atoms with van der Waals surface area (Å²) in [5, 5.41) is 4.20. The maximum Gasteiger partial charge on any atom is 0.253 e. The molecule has 8 nitrogen and oxygen atoms in total. The standard InChI is InChI=1S/C19H27N5O3S/c1-3-21-28(26,27)18-7-5-17(6-8-18)19(25)24-10-4-9-23(11-12-24)15-16-13-20-22(2)14-16/h5-8,13-14,21H,3-4,9-12,15H2,1-2H3. The van der Waals surface area contributed by atoms with Crippen LogP contribution in [-0.4, -0.2) is 66.6 Å². The van der Waals surface area contributed by atoms with Gasteiger partial charge >= 0.3 is 0 Å². The molecule has 0 unspecified atom stereocenters. The highest BCUT2D eigenvalue weighted by Crippen LogP contribution is 2.14. The second-order valence-corrected chi connectivity index (χ2v) is 8.74. The molecule has 1 aromatic carbocycles. The fourth-order valence-corrected chi connectivity index (χ4v) is 4.42. The highest BCUT2D eigenvalue weighted by Gasteiger charge is 2.21. The Labute approximate surface area is 166 Å². The van der Waals surface area contributed by atoms with E-state index in [2.05, 4.69) is 14.7 Å². The summed E-state index contributed by atoms with van der Waals surface area (Å²) >= 11 is 0. The van der Waals surface area contributed by atoms with Gasteiger partial charge in [-0.15, -0.1) is 0 Å². The Balaban J connectivity index is 1.61. The molecular formula is C19H27N5O3S. The van der Waals surface area contributed by atoms with E-state index in [4.69, 9.17) is 0 Å². The molecule has 0 aliphatic carbocycles. The van der Waals surface area contributed by atoms with E-state index in [1.807, 2.05) is 24.3 Å². The van der Waals surface area contributed by atoms with Gasteiger partial charge in [0.05, 0.1) is 11.1 Å². The Hall–Kier alpha value is -2.23. The van der Waals surface area contributed by atoms with E-state index >= 15 is 0 Å². The van der Waals surface area contributed by atoms with E-state index in [1.165, 1.54) is 17.7 Å². The Morgan fingerprint density at radius 1 is 1.14 bits per heavy atom. The molecule has 9 heteroatoms. The molecule has 1 N–H and O–H groups in total. The zero-order chi connectivity index (χ0) is 20.1. The largest absolute Gasteiger partial charge is 0.337 e. The Kier molecular flexibility index (Phi) is 6.48. The molecule has 28 heavy (non-hydrogen) atoms. The molecule has 1 fully saturated rings. The van der Waals surface area contributed by atoms with Gasteiger partial charge in [0.25, 0.3) is 5.91 Å². The van der Waals surface area contributed by atoms with Crippen LogP contribution in [0.4, 0.5) is 0 Å². The van der Waals surface area contributed by atoms with Crippen LogP contribution in [0.5, 0.6) is 0 Å². The van der Waals surface area contributed by atoms with Gasteiger partial charge in [-0.2, -0.15) is 5.10 Å². The number of aromatic nitrogens is 2. The van der Waals surface area contributed by atoms with Crippen molar-refractivity contribution in [1.82, 2.24) is 24.3 Å². The minimum absolute atomic E-state index is 0.0596. The average molecular weight is 406 g/mol. The average Bonchev–Trinajstić information content (AvgIpc) is 2.94. The lowest BCUT2D eigenvalue weighted by atomic mass is 10.2. The Morgan fingerprint density at radius 3 is 2.54 bits per heavy atom. The number of benzene rings is 1. The summed E-state index contributed by atoms with van der Waals surface area (Å²) in [4.78, 5) is 17.2. The third-order valence-electron chi connectivity index (χ3n) is 4.79. The molecular weight excluding hydrogens is 378 g/mol. The maximum absolute atomic E-state index is 12.8. The van der Waals surface area contributed by atoms with Gasteiger partial charge in [-0.25, -0.2) is 13.1 Å². The van der Waals surface area contributed by atoms with Crippen LogP contribution in [0.2, 0.25) is 0 Å². The summed E-state index contributed by atoms with van der Waals surface area (Å²) in [5.41, 5.74) is 1.68. The van der Waals surface area contributed by atoms with Crippen molar-refractivity contribution in [3.63, 3.8) is 0 Å². The second-order valence-electron chi connectivity index (χ2n) is 6.97. The fraction of sp³-hybridized carbons (Fsp3) is 0.474. The molecule has 0 saturated carbocycles. The van der Waals surface area contributed by atoms with E-state index in [0.29, 0.717) is 25.2 Å². The van der Waals surface area contributed by atoms with Crippen molar-refractivity contribution >= 4 is 15.9 Å². The number of hydrogen-bond acceptors (Lipinski definition) is 5. The fourth-order valence-electron chi connectivity index (χ4n) is 3.38. The number of sulfonamides is 1. The molecule has 0 bridgehead atoms. The highest BCUT2D eigenvalue weighted by molar-refractivity contribution is 7.89. The lowest BCUT2D eigenvalue weighted by molar-refractivity contribution is 0.0761. The molecule has 1 aliphatic rings. The van der Waals surface area contributed by atoms with Crippen molar-refractivity contribution in [2.75, 3.05) is 32.7 Å². The smallest absolute Gasteiger partial charge is 0.253 e. The van der Waals surface area contributed by atoms with Crippen LogP contribution in [0, 0.1) is 0 Å². The van der Waals surface area contributed by atoms with Gasteiger partial charge in [-0.05, 0) is 30.7 Å². The molecule has 1 aliphatic heterocycles.